The maximum absolute atomic E-state index is 11.1. The summed E-state index contributed by atoms with van der Waals surface area (Å²) in [5, 5.41) is 1.56. The number of carbonyl (C=O) groups is 2. The van der Waals surface area contributed by atoms with E-state index in [-0.39, 0.29) is 19.1 Å². The standard InChI is InChI=1S/C9H16ClNO5/c1-14-3-4-16-6-8(12)11-5-7(10)9(13)15-2/h7H,3-6H2,1-2H3,(H,11,12). The van der Waals surface area contributed by atoms with E-state index in [0.29, 0.717) is 13.2 Å². The lowest BCUT2D eigenvalue weighted by molar-refractivity contribution is -0.140. The average Bonchev–Trinajstić information content (AvgIpc) is 2.30. The number of esters is 1. The van der Waals surface area contributed by atoms with Crippen LogP contribution in [0.2, 0.25) is 0 Å². The fourth-order valence-electron chi connectivity index (χ4n) is 0.773. The number of halogens is 1. The highest BCUT2D eigenvalue weighted by molar-refractivity contribution is 6.30. The Balaban J connectivity index is 3.53. The van der Waals surface area contributed by atoms with Crippen molar-refractivity contribution in [3.8, 4) is 0 Å². The molecule has 1 N–H and O–H groups in total. The van der Waals surface area contributed by atoms with Gasteiger partial charge in [0, 0.05) is 13.7 Å². The molecule has 0 aromatic heterocycles. The van der Waals surface area contributed by atoms with Gasteiger partial charge in [-0.05, 0) is 0 Å². The van der Waals surface area contributed by atoms with E-state index < -0.39 is 11.3 Å². The molecule has 7 heteroatoms. The first-order valence-electron chi connectivity index (χ1n) is 4.67. The van der Waals surface area contributed by atoms with Gasteiger partial charge in [-0.1, -0.05) is 0 Å². The van der Waals surface area contributed by atoms with Gasteiger partial charge in [-0.2, -0.15) is 0 Å². The Hall–Kier alpha value is -0.850. The fourth-order valence-corrected chi connectivity index (χ4v) is 0.939. The van der Waals surface area contributed by atoms with Crippen molar-refractivity contribution in [1.29, 1.82) is 0 Å². The van der Waals surface area contributed by atoms with Crippen LogP contribution in [0.15, 0.2) is 0 Å². The highest BCUT2D eigenvalue weighted by Crippen LogP contribution is 1.96. The SMILES string of the molecule is COCCOCC(=O)NCC(Cl)C(=O)OC. The van der Waals surface area contributed by atoms with Crippen LogP contribution in [0, 0.1) is 0 Å². The van der Waals surface area contributed by atoms with Crippen molar-refractivity contribution < 1.29 is 23.8 Å². The lowest BCUT2D eigenvalue weighted by atomic mass is 10.4. The molecular weight excluding hydrogens is 238 g/mol. The second-order valence-electron chi connectivity index (χ2n) is 2.84. The van der Waals surface area contributed by atoms with Crippen LogP contribution in [0.3, 0.4) is 0 Å². The Morgan fingerprint density at radius 3 is 2.56 bits per heavy atom. The quantitative estimate of drug-likeness (QED) is 0.360. The zero-order chi connectivity index (χ0) is 12.4. The van der Waals surface area contributed by atoms with Gasteiger partial charge in [-0.15, -0.1) is 11.6 Å². The summed E-state index contributed by atoms with van der Waals surface area (Å²) in [4.78, 5) is 22.0. The van der Waals surface area contributed by atoms with Crippen LogP contribution in [0.5, 0.6) is 0 Å². The number of alkyl halides is 1. The molecule has 0 fully saturated rings. The Labute approximate surface area is 99.2 Å². The molecule has 0 bridgehead atoms. The van der Waals surface area contributed by atoms with Crippen molar-refractivity contribution in [3.63, 3.8) is 0 Å². The molecule has 0 saturated carbocycles. The highest BCUT2D eigenvalue weighted by Gasteiger charge is 2.16. The van der Waals surface area contributed by atoms with Gasteiger partial charge < -0.3 is 19.5 Å². The van der Waals surface area contributed by atoms with E-state index >= 15 is 0 Å². The molecule has 1 unspecified atom stereocenters. The number of amides is 1. The van der Waals surface area contributed by atoms with Crippen LogP contribution in [-0.2, 0) is 23.8 Å². The number of methoxy groups -OCH3 is 2. The Kier molecular flexibility index (Phi) is 8.88. The number of hydrogen-bond donors (Lipinski definition) is 1. The third-order valence-corrected chi connectivity index (χ3v) is 1.93. The number of nitrogens with one attached hydrogen (secondary N) is 1. The monoisotopic (exact) mass is 253 g/mol. The van der Waals surface area contributed by atoms with E-state index in [1.54, 1.807) is 0 Å². The summed E-state index contributed by atoms with van der Waals surface area (Å²) < 4.78 is 14.1. The van der Waals surface area contributed by atoms with Crippen molar-refractivity contribution in [2.24, 2.45) is 0 Å². The van der Waals surface area contributed by atoms with E-state index in [2.05, 4.69) is 10.1 Å². The van der Waals surface area contributed by atoms with Crippen LogP contribution in [0.25, 0.3) is 0 Å². The molecule has 0 rings (SSSR count). The first-order chi connectivity index (χ1) is 7.61. The Morgan fingerprint density at radius 2 is 2.00 bits per heavy atom. The molecule has 0 aliphatic carbocycles. The molecule has 1 atom stereocenters. The van der Waals surface area contributed by atoms with Crippen molar-refractivity contribution in [1.82, 2.24) is 5.32 Å². The third-order valence-electron chi connectivity index (χ3n) is 1.60. The van der Waals surface area contributed by atoms with Gasteiger partial charge >= 0.3 is 5.97 Å². The molecule has 0 aromatic rings. The van der Waals surface area contributed by atoms with Crippen molar-refractivity contribution in [3.05, 3.63) is 0 Å². The first-order valence-corrected chi connectivity index (χ1v) is 5.10. The molecule has 0 radical (unpaired) electrons. The van der Waals surface area contributed by atoms with Crippen LogP contribution in [0.4, 0.5) is 0 Å². The molecule has 0 spiro atoms. The van der Waals surface area contributed by atoms with E-state index in [9.17, 15) is 9.59 Å². The molecule has 1 amide bonds. The number of ether oxygens (including phenoxy) is 3. The number of rotatable bonds is 8. The first kappa shape index (κ1) is 15.2. The van der Waals surface area contributed by atoms with Gasteiger partial charge in [0.25, 0.3) is 0 Å². The van der Waals surface area contributed by atoms with E-state index in [0.717, 1.165) is 0 Å². The van der Waals surface area contributed by atoms with Crippen molar-refractivity contribution in [2.45, 2.75) is 5.38 Å². The predicted octanol–water partition coefficient (Wildman–Crippen LogP) is -0.454. The second-order valence-corrected chi connectivity index (χ2v) is 3.37. The topological polar surface area (TPSA) is 73.9 Å². The minimum Gasteiger partial charge on any atom is -0.468 e. The second kappa shape index (κ2) is 9.38. The lowest BCUT2D eigenvalue weighted by Gasteiger charge is -2.09. The lowest BCUT2D eigenvalue weighted by Crippen LogP contribution is -2.36. The molecule has 0 aliphatic heterocycles. The summed E-state index contributed by atoms with van der Waals surface area (Å²) in [6.07, 6.45) is 0. The van der Waals surface area contributed by atoms with Crippen molar-refractivity contribution >= 4 is 23.5 Å². The van der Waals surface area contributed by atoms with Crippen LogP contribution in [0.1, 0.15) is 0 Å². The van der Waals surface area contributed by atoms with Gasteiger partial charge in [0.15, 0.2) is 0 Å². The summed E-state index contributed by atoms with van der Waals surface area (Å²) in [6.45, 7) is 0.688. The molecule has 0 saturated heterocycles. The van der Waals surface area contributed by atoms with Gasteiger partial charge in [-0.25, -0.2) is 0 Å². The van der Waals surface area contributed by atoms with Gasteiger partial charge in [0.2, 0.25) is 5.91 Å². The van der Waals surface area contributed by atoms with E-state index in [4.69, 9.17) is 21.1 Å². The summed E-state index contributed by atoms with van der Waals surface area (Å²) in [5.74, 6) is -0.923. The molecule has 0 heterocycles. The van der Waals surface area contributed by atoms with Gasteiger partial charge in [0.1, 0.15) is 12.0 Å². The predicted molar refractivity (Wildman–Crippen MR) is 57.4 cm³/mol. The molecular formula is C9H16ClNO5. The van der Waals surface area contributed by atoms with Crippen LogP contribution < -0.4 is 5.32 Å². The van der Waals surface area contributed by atoms with Crippen molar-refractivity contribution in [2.75, 3.05) is 40.6 Å². The normalized spacial score (nSPS) is 11.9. The molecule has 0 aromatic carbocycles. The largest absolute Gasteiger partial charge is 0.468 e. The summed E-state index contributed by atoms with van der Waals surface area (Å²) in [5.41, 5.74) is 0. The summed E-state index contributed by atoms with van der Waals surface area (Å²) in [6, 6.07) is 0. The molecule has 94 valence electrons. The highest BCUT2D eigenvalue weighted by atomic mass is 35.5. The minimum atomic E-state index is -0.882. The fraction of sp³-hybridized carbons (Fsp3) is 0.778. The number of carbonyl (C=O) groups excluding carboxylic acids is 2. The van der Waals surface area contributed by atoms with Gasteiger partial charge in [-0.3, -0.25) is 9.59 Å². The maximum Gasteiger partial charge on any atom is 0.325 e. The molecule has 0 aliphatic rings. The van der Waals surface area contributed by atoms with Gasteiger partial charge in [0.05, 0.1) is 20.3 Å². The third kappa shape index (κ3) is 7.44. The zero-order valence-corrected chi connectivity index (χ0v) is 10.1. The number of hydrogen-bond acceptors (Lipinski definition) is 5. The maximum atomic E-state index is 11.1. The molecule has 6 nitrogen and oxygen atoms in total. The van der Waals surface area contributed by atoms with E-state index in [1.807, 2.05) is 0 Å². The van der Waals surface area contributed by atoms with Crippen LogP contribution in [-0.4, -0.2) is 57.8 Å². The Bertz CT molecular complexity index is 224. The Morgan fingerprint density at radius 1 is 1.31 bits per heavy atom. The summed E-state index contributed by atoms with van der Waals surface area (Å²) >= 11 is 5.61. The summed E-state index contributed by atoms with van der Waals surface area (Å²) in [7, 11) is 2.77. The average molecular weight is 254 g/mol. The van der Waals surface area contributed by atoms with Crippen LogP contribution >= 0.6 is 11.6 Å². The van der Waals surface area contributed by atoms with E-state index in [1.165, 1.54) is 14.2 Å². The minimum absolute atomic E-state index is 0.0146. The molecule has 16 heavy (non-hydrogen) atoms. The zero-order valence-electron chi connectivity index (χ0n) is 9.32. The smallest absolute Gasteiger partial charge is 0.325 e.